The van der Waals surface area contributed by atoms with E-state index in [9.17, 15) is 4.79 Å². The van der Waals surface area contributed by atoms with E-state index < -0.39 is 5.97 Å². The number of aryl methyl sites for hydroxylation is 1. The lowest BCUT2D eigenvalue weighted by atomic mass is 10.1. The van der Waals surface area contributed by atoms with Gasteiger partial charge in [-0.3, -0.25) is 0 Å². The number of nitrogens with two attached hydrogens (primary N) is 1. The van der Waals surface area contributed by atoms with E-state index in [0.29, 0.717) is 30.2 Å². The van der Waals surface area contributed by atoms with E-state index in [1.54, 1.807) is 12.1 Å². The van der Waals surface area contributed by atoms with E-state index in [1.165, 1.54) is 7.11 Å². The molecule has 5 heteroatoms. The molecule has 0 aromatic heterocycles. The largest absolute Gasteiger partial charge is 0.491 e. The van der Waals surface area contributed by atoms with Crippen molar-refractivity contribution in [2.75, 3.05) is 32.7 Å². The maximum atomic E-state index is 11.6. The average molecular weight is 267 g/mol. The molecule has 0 aliphatic carbocycles. The molecule has 1 rings (SSSR count). The molecule has 0 saturated carbocycles. The van der Waals surface area contributed by atoms with Gasteiger partial charge in [-0.05, 0) is 31.0 Å². The number of ether oxygens (including phenoxy) is 3. The highest BCUT2D eigenvalue weighted by Crippen LogP contribution is 2.25. The average Bonchev–Trinajstić information content (AvgIpc) is 2.41. The quantitative estimate of drug-likeness (QED) is 0.466. The summed E-state index contributed by atoms with van der Waals surface area (Å²) >= 11 is 0. The van der Waals surface area contributed by atoms with Crippen LogP contribution in [0, 0.1) is 6.92 Å². The van der Waals surface area contributed by atoms with Crippen molar-refractivity contribution in [2.24, 2.45) is 0 Å². The van der Waals surface area contributed by atoms with Crippen LogP contribution in [0.15, 0.2) is 12.1 Å². The van der Waals surface area contributed by atoms with Crippen LogP contribution in [0.2, 0.25) is 0 Å². The van der Waals surface area contributed by atoms with Gasteiger partial charge >= 0.3 is 5.97 Å². The van der Waals surface area contributed by atoms with Crippen LogP contribution in [0.5, 0.6) is 5.75 Å². The standard InChI is InChI=1S/C14H21NO4/c1-4-5-18-6-7-19-11-8-10(2)13(15)12(9-11)14(16)17-3/h8-9H,4-7,15H2,1-3H3. The van der Waals surface area contributed by atoms with Gasteiger partial charge in [-0.1, -0.05) is 6.92 Å². The Balaban J connectivity index is 2.69. The van der Waals surface area contributed by atoms with Crippen molar-refractivity contribution in [1.82, 2.24) is 0 Å². The predicted octanol–water partition coefficient (Wildman–Crippen LogP) is 2.17. The lowest BCUT2D eigenvalue weighted by Gasteiger charge is -2.12. The summed E-state index contributed by atoms with van der Waals surface area (Å²) in [7, 11) is 1.32. The molecule has 0 fully saturated rings. The van der Waals surface area contributed by atoms with E-state index in [2.05, 4.69) is 4.74 Å². The van der Waals surface area contributed by atoms with Gasteiger partial charge in [0.05, 0.1) is 19.3 Å². The van der Waals surface area contributed by atoms with E-state index >= 15 is 0 Å². The molecule has 0 bridgehead atoms. The number of benzene rings is 1. The first-order chi connectivity index (χ1) is 9.10. The van der Waals surface area contributed by atoms with Crippen molar-refractivity contribution in [3.63, 3.8) is 0 Å². The third-order valence-electron chi connectivity index (χ3n) is 2.61. The third kappa shape index (κ3) is 4.44. The molecule has 0 spiro atoms. The van der Waals surface area contributed by atoms with Gasteiger partial charge < -0.3 is 19.9 Å². The zero-order valence-electron chi connectivity index (χ0n) is 11.7. The summed E-state index contributed by atoms with van der Waals surface area (Å²) in [5, 5.41) is 0. The second-order valence-electron chi connectivity index (χ2n) is 4.15. The molecule has 0 amide bonds. The van der Waals surface area contributed by atoms with Gasteiger partial charge in [0.25, 0.3) is 0 Å². The SMILES string of the molecule is CCCOCCOc1cc(C)c(N)c(C(=O)OC)c1. The number of methoxy groups -OCH3 is 1. The van der Waals surface area contributed by atoms with E-state index in [-0.39, 0.29) is 0 Å². The molecule has 0 aliphatic rings. The molecule has 0 heterocycles. The summed E-state index contributed by atoms with van der Waals surface area (Å²) < 4.78 is 15.5. The monoisotopic (exact) mass is 267 g/mol. The number of hydrogen-bond donors (Lipinski definition) is 1. The summed E-state index contributed by atoms with van der Waals surface area (Å²) in [4.78, 5) is 11.6. The summed E-state index contributed by atoms with van der Waals surface area (Å²) in [5.41, 5.74) is 7.37. The molecule has 0 aliphatic heterocycles. The molecule has 0 radical (unpaired) electrons. The smallest absolute Gasteiger partial charge is 0.340 e. The molecule has 106 valence electrons. The van der Waals surface area contributed by atoms with Crippen molar-refractivity contribution in [1.29, 1.82) is 0 Å². The molecule has 0 atom stereocenters. The van der Waals surface area contributed by atoms with Crippen molar-refractivity contribution in [3.05, 3.63) is 23.3 Å². The molecule has 5 nitrogen and oxygen atoms in total. The van der Waals surface area contributed by atoms with Gasteiger partial charge in [0.2, 0.25) is 0 Å². The Morgan fingerprint density at radius 1 is 1.26 bits per heavy atom. The van der Waals surface area contributed by atoms with Gasteiger partial charge in [0, 0.05) is 12.3 Å². The van der Waals surface area contributed by atoms with Crippen LogP contribution in [-0.2, 0) is 9.47 Å². The van der Waals surface area contributed by atoms with Crippen molar-refractivity contribution >= 4 is 11.7 Å². The molecule has 0 saturated heterocycles. The van der Waals surface area contributed by atoms with E-state index in [1.807, 2.05) is 13.8 Å². The van der Waals surface area contributed by atoms with Gasteiger partial charge in [0.1, 0.15) is 12.4 Å². The topological polar surface area (TPSA) is 70.8 Å². The Bertz CT molecular complexity index is 432. The maximum absolute atomic E-state index is 11.6. The predicted molar refractivity (Wildman–Crippen MR) is 73.5 cm³/mol. The highest BCUT2D eigenvalue weighted by molar-refractivity contribution is 5.96. The molecule has 0 unspecified atom stereocenters. The van der Waals surface area contributed by atoms with E-state index in [0.717, 1.165) is 18.6 Å². The Morgan fingerprint density at radius 3 is 2.63 bits per heavy atom. The fourth-order valence-electron chi connectivity index (χ4n) is 1.59. The minimum absolute atomic E-state index is 0.326. The number of rotatable bonds is 7. The third-order valence-corrected chi connectivity index (χ3v) is 2.61. The van der Waals surface area contributed by atoms with Crippen LogP contribution in [0.1, 0.15) is 29.3 Å². The number of nitrogen functional groups attached to an aromatic ring is 1. The number of hydrogen-bond acceptors (Lipinski definition) is 5. The molecule has 1 aromatic rings. The normalized spacial score (nSPS) is 10.3. The van der Waals surface area contributed by atoms with Crippen molar-refractivity contribution in [3.8, 4) is 5.75 Å². The lowest BCUT2D eigenvalue weighted by Crippen LogP contribution is -2.10. The maximum Gasteiger partial charge on any atom is 0.340 e. The molecular weight excluding hydrogens is 246 g/mol. The Hall–Kier alpha value is -1.75. The van der Waals surface area contributed by atoms with Crippen LogP contribution < -0.4 is 10.5 Å². The van der Waals surface area contributed by atoms with E-state index in [4.69, 9.17) is 15.2 Å². The second-order valence-corrected chi connectivity index (χ2v) is 4.15. The van der Waals surface area contributed by atoms with Crippen molar-refractivity contribution < 1.29 is 19.0 Å². The summed E-state index contributed by atoms with van der Waals surface area (Å²) in [6, 6.07) is 3.38. The van der Waals surface area contributed by atoms with Gasteiger partial charge in [0.15, 0.2) is 0 Å². The first kappa shape index (κ1) is 15.3. The van der Waals surface area contributed by atoms with Crippen LogP contribution >= 0.6 is 0 Å². The first-order valence-electron chi connectivity index (χ1n) is 6.29. The Kier molecular flexibility index (Phi) is 6.15. The van der Waals surface area contributed by atoms with Crippen LogP contribution in [0.4, 0.5) is 5.69 Å². The second kappa shape index (κ2) is 7.63. The van der Waals surface area contributed by atoms with Crippen LogP contribution in [0.25, 0.3) is 0 Å². The minimum Gasteiger partial charge on any atom is -0.491 e. The summed E-state index contributed by atoms with van der Waals surface area (Å²) in [6.07, 6.45) is 0.980. The van der Waals surface area contributed by atoms with Crippen LogP contribution in [0.3, 0.4) is 0 Å². The zero-order valence-corrected chi connectivity index (χ0v) is 11.7. The number of carbonyl (C=O) groups excluding carboxylic acids is 1. The fourth-order valence-corrected chi connectivity index (χ4v) is 1.59. The number of anilines is 1. The molecule has 1 aromatic carbocycles. The summed E-state index contributed by atoms with van der Waals surface area (Å²) in [6.45, 7) is 5.54. The van der Waals surface area contributed by atoms with Gasteiger partial charge in [-0.25, -0.2) is 4.79 Å². The lowest BCUT2D eigenvalue weighted by molar-refractivity contribution is 0.0601. The molecule has 19 heavy (non-hydrogen) atoms. The first-order valence-corrected chi connectivity index (χ1v) is 6.29. The van der Waals surface area contributed by atoms with Gasteiger partial charge in [-0.2, -0.15) is 0 Å². The minimum atomic E-state index is -0.465. The molecular formula is C14H21NO4. The Labute approximate surface area is 113 Å². The van der Waals surface area contributed by atoms with Crippen LogP contribution in [-0.4, -0.2) is 32.9 Å². The highest BCUT2D eigenvalue weighted by Gasteiger charge is 2.13. The molecule has 2 N–H and O–H groups in total. The Morgan fingerprint density at radius 2 is 2.00 bits per heavy atom. The highest BCUT2D eigenvalue weighted by atomic mass is 16.5. The summed E-state index contributed by atoms with van der Waals surface area (Å²) in [5.74, 6) is 0.125. The van der Waals surface area contributed by atoms with Crippen molar-refractivity contribution in [2.45, 2.75) is 20.3 Å². The fraction of sp³-hybridized carbons (Fsp3) is 0.500. The zero-order chi connectivity index (χ0) is 14.3. The number of esters is 1. The number of carbonyl (C=O) groups is 1. The van der Waals surface area contributed by atoms with Gasteiger partial charge in [-0.15, -0.1) is 0 Å².